The Kier molecular flexibility index (Phi) is 4.57. The van der Waals surface area contributed by atoms with E-state index in [1.54, 1.807) is 6.07 Å². The number of nitrogens with one attached hydrogen (secondary N) is 1. The van der Waals surface area contributed by atoms with E-state index in [0.29, 0.717) is 18.0 Å². The summed E-state index contributed by atoms with van der Waals surface area (Å²) in [4.78, 5) is 12.2. The molecule has 1 amide bonds. The summed E-state index contributed by atoms with van der Waals surface area (Å²) in [7, 11) is 0. The first-order valence-electron chi connectivity index (χ1n) is 7.77. The zero-order chi connectivity index (χ0) is 16.4. The molecule has 1 aromatic heterocycles. The summed E-state index contributed by atoms with van der Waals surface area (Å²) < 4.78 is 7.64. The molecule has 2 aromatic rings. The van der Waals surface area contributed by atoms with Gasteiger partial charge in [-0.25, -0.2) is 0 Å². The maximum Gasteiger partial charge on any atom is 0.261 e. The van der Waals surface area contributed by atoms with Gasteiger partial charge in [0.25, 0.3) is 5.91 Å². The third-order valence-electron chi connectivity index (χ3n) is 3.94. The predicted molar refractivity (Wildman–Crippen MR) is 88.9 cm³/mol. The number of nitrogens with zero attached hydrogens (tertiary/aromatic N) is 2. The second-order valence-corrected chi connectivity index (χ2v) is 6.29. The molecular formula is C17H20ClN3O2. The van der Waals surface area contributed by atoms with Crippen LogP contribution in [-0.2, 0) is 17.8 Å². The van der Waals surface area contributed by atoms with Gasteiger partial charge in [0, 0.05) is 30.2 Å². The molecule has 122 valence electrons. The van der Waals surface area contributed by atoms with Crippen LogP contribution in [0, 0.1) is 13.8 Å². The zero-order valence-corrected chi connectivity index (χ0v) is 14.1. The molecule has 0 bridgehead atoms. The SMILES string of the molecule is Cc1cc(C)n(CCCNC(=O)[C@@H]2Cc3cc(Cl)ccc3O2)n1. The minimum Gasteiger partial charge on any atom is -0.480 e. The molecule has 0 spiro atoms. The van der Waals surface area contributed by atoms with Crippen molar-refractivity contribution in [2.24, 2.45) is 0 Å². The van der Waals surface area contributed by atoms with Crippen molar-refractivity contribution in [2.75, 3.05) is 6.54 Å². The van der Waals surface area contributed by atoms with Gasteiger partial charge < -0.3 is 10.1 Å². The van der Waals surface area contributed by atoms with Crippen LogP contribution in [-0.4, -0.2) is 28.3 Å². The van der Waals surface area contributed by atoms with Gasteiger partial charge in [-0.05, 0) is 50.1 Å². The van der Waals surface area contributed by atoms with Crippen LogP contribution in [0.5, 0.6) is 5.75 Å². The molecule has 0 saturated carbocycles. The van der Waals surface area contributed by atoms with E-state index < -0.39 is 6.10 Å². The van der Waals surface area contributed by atoms with Crippen LogP contribution < -0.4 is 10.1 Å². The number of fused-ring (bicyclic) bond motifs is 1. The van der Waals surface area contributed by atoms with Crippen molar-refractivity contribution in [3.8, 4) is 5.75 Å². The fourth-order valence-electron chi connectivity index (χ4n) is 2.82. The number of benzene rings is 1. The Morgan fingerprint density at radius 1 is 1.43 bits per heavy atom. The highest BCUT2D eigenvalue weighted by atomic mass is 35.5. The normalized spacial score (nSPS) is 16.0. The maximum atomic E-state index is 12.2. The molecule has 23 heavy (non-hydrogen) atoms. The van der Waals surface area contributed by atoms with Crippen molar-refractivity contribution in [3.05, 3.63) is 46.2 Å². The van der Waals surface area contributed by atoms with Gasteiger partial charge in [0.1, 0.15) is 5.75 Å². The van der Waals surface area contributed by atoms with Crippen LogP contribution in [0.3, 0.4) is 0 Å². The highest BCUT2D eigenvalue weighted by Crippen LogP contribution is 2.31. The number of aromatic nitrogens is 2. The van der Waals surface area contributed by atoms with Crippen molar-refractivity contribution in [1.82, 2.24) is 15.1 Å². The number of amides is 1. The van der Waals surface area contributed by atoms with Gasteiger partial charge in [0.15, 0.2) is 6.10 Å². The Hall–Kier alpha value is -2.01. The maximum absolute atomic E-state index is 12.2. The molecule has 0 fully saturated rings. The minimum atomic E-state index is -0.461. The highest BCUT2D eigenvalue weighted by Gasteiger charge is 2.28. The van der Waals surface area contributed by atoms with E-state index in [0.717, 1.165) is 35.7 Å². The lowest BCUT2D eigenvalue weighted by Crippen LogP contribution is -2.38. The molecule has 5 nitrogen and oxygen atoms in total. The third kappa shape index (κ3) is 3.67. The molecule has 1 atom stereocenters. The summed E-state index contributed by atoms with van der Waals surface area (Å²) in [5, 5.41) is 8.00. The number of carbonyl (C=O) groups excluding carboxylic acids is 1. The summed E-state index contributed by atoms with van der Waals surface area (Å²) in [6, 6.07) is 7.49. The van der Waals surface area contributed by atoms with E-state index in [-0.39, 0.29) is 5.91 Å². The standard InChI is InChI=1S/C17H20ClN3O2/c1-11-8-12(2)21(20-11)7-3-6-19-17(22)16-10-13-9-14(18)4-5-15(13)23-16/h4-5,8-9,16H,3,6-7,10H2,1-2H3,(H,19,22)/t16-/m0/s1. The fraction of sp³-hybridized carbons (Fsp3) is 0.412. The smallest absolute Gasteiger partial charge is 0.261 e. The number of rotatable bonds is 5. The van der Waals surface area contributed by atoms with Gasteiger partial charge in [-0.2, -0.15) is 5.10 Å². The first kappa shape index (κ1) is 15.9. The van der Waals surface area contributed by atoms with Crippen LogP contribution in [0.4, 0.5) is 0 Å². The lowest BCUT2D eigenvalue weighted by Gasteiger charge is -2.11. The molecule has 1 aromatic carbocycles. The van der Waals surface area contributed by atoms with Gasteiger partial charge in [-0.15, -0.1) is 0 Å². The molecule has 2 heterocycles. The van der Waals surface area contributed by atoms with E-state index >= 15 is 0 Å². The molecule has 1 aliphatic rings. The van der Waals surface area contributed by atoms with Crippen molar-refractivity contribution in [3.63, 3.8) is 0 Å². The first-order valence-corrected chi connectivity index (χ1v) is 8.14. The first-order chi connectivity index (χ1) is 11.0. The quantitative estimate of drug-likeness (QED) is 0.856. The lowest BCUT2D eigenvalue weighted by atomic mass is 10.1. The third-order valence-corrected chi connectivity index (χ3v) is 4.17. The van der Waals surface area contributed by atoms with Gasteiger partial charge in [-0.3, -0.25) is 9.48 Å². The van der Waals surface area contributed by atoms with Crippen molar-refractivity contribution in [2.45, 2.75) is 39.3 Å². The van der Waals surface area contributed by atoms with Crippen LogP contribution in [0.25, 0.3) is 0 Å². The number of hydrogen-bond acceptors (Lipinski definition) is 3. The van der Waals surface area contributed by atoms with E-state index in [9.17, 15) is 4.79 Å². The molecule has 6 heteroatoms. The number of halogens is 1. The summed E-state index contributed by atoms with van der Waals surface area (Å²) in [6.45, 7) is 5.41. The Bertz CT molecular complexity index is 727. The average Bonchev–Trinajstić information content (AvgIpc) is 3.06. The molecule has 1 aliphatic heterocycles. The van der Waals surface area contributed by atoms with Gasteiger partial charge in [-0.1, -0.05) is 11.6 Å². The minimum absolute atomic E-state index is 0.0781. The topological polar surface area (TPSA) is 56.2 Å². The molecular weight excluding hydrogens is 314 g/mol. The molecule has 0 aliphatic carbocycles. The van der Waals surface area contributed by atoms with Crippen molar-refractivity contribution >= 4 is 17.5 Å². The Labute approximate surface area is 140 Å². The molecule has 0 saturated heterocycles. The molecule has 0 radical (unpaired) electrons. The van der Waals surface area contributed by atoms with Crippen molar-refractivity contribution < 1.29 is 9.53 Å². The Balaban J connectivity index is 1.45. The Morgan fingerprint density at radius 3 is 3.00 bits per heavy atom. The Morgan fingerprint density at radius 2 is 2.26 bits per heavy atom. The van der Waals surface area contributed by atoms with Crippen LogP contribution in [0.1, 0.15) is 23.4 Å². The van der Waals surface area contributed by atoms with E-state index in [1.165, 1.54) is 0 Å². The van der Waals surface area contributed by atoms with Gasteiger partial charge >= 0.3 is 0 Å². The summed E-state index contributed by atoms with van der Waals surface area (Å²) in [5.41, 5.74) is 3.14. The fourth-order valence-corrected chi connectivity index (χ4v) is 3.01. The number of hydrogen-bond donors (Lipinski definition) is 1. The molecule has 1 N–H and O–H groups in total. The summed E-state index contributed by atoms with van der Waals surface area (Å²) in [6.07, 6.45) is 0.940. The molecule has 0 unspecified atom stereocenters. The second kappa shape index (κ2) is 6.62. The highest BCUT2D eigenvalue weighted by molar-refractivity contribution is 6.30. The van der Waals surface area contributed by atoms with Crippen LogP contribution in [0.2, 0.25) is 5.02 Å². The number of aryl methyl sites for hydroxylation is 3. The van der Waals surface area contributed by atoms with Gasteiger partial charge in [0.2, 0.25) is 0 Å². The van der Waals surface area contributed by atoms with E-state index in [4.69, 9.17) is 16.3 Å². The summed E-state index contributed by atoms with van der Waals surface area (Å²) >= 11 is 5.96. The van der Waals surface area contributed by atoms with Crippen molar-refractivity contribution in [1.29, 1.82) is 0 Å². The largest absolute Gasteiger partial charge is 0.480 e. The predicted octanol–water partition coefficient (Wildman–Crippen LogP) is 2.66. The van der Waals surface area contributed by atoms with Gasteiger partial charge in [0.05, 0.1) is 5.69 Å². The summed E-state index contributed by atoms with van der Waals surface area (Å²) in [5.74, 6) is 0.669. The average molecular weight is 334 g/mol. The van der Waals surface area contributed by atoms with E-state index in [1.807, 2.05) is 36.7 Å². The number of ether oxygens (including phenoxy) is 1. The van der Waals surface area contributed by atoms with Crippen LogP contribution >= 0.6 is 11.6 Å². The number of carbonyl (C=O) groups is 1. The van der Waals surface area contributed by atoms with Crippen LogP contribution in [0.15, 0.2) is 24.3 Å². The monoisotopic (exact) mass is 333 g/mol. The van der Waals surface area contributed by atoms with E-state index in [2.05, 4.69) is 10.4 Å². The lowest BCUT2D eigenvalue weighted by molar-refractivity contribution is -0.127. The second-order valence-electron chi connectivity index (χ2n) is 5.86. The zero-order valence-electron chi connectivity index (χ0n) is 13.3. The molecule has 3 rings (SSSR count).